The van der Waals surface area contributed by atoms with Crippen LogP contribution in [0.15, 0.2) is 103 Å². The van der Waals surface area contributed by atoms with Crippen LogP contribution in [0.4, 0.5) is 0 Å². The highest BCUT2D eigenvalue weighted by Crippen LogP contribution is 2.36. The molecule has 0 unspecified atom stereocenters. The number of phenolic OH excluding ortho intramolecular Hbond substituents is 1. The molecule has 0 saturated carbocycles. The normalized spacial score (nSPS) is 11.2. The summed E-state index contributed by atoms with van der Waals surface area (Å²) in [5, 5.41) is 10.6. The van der Waals surface area contributed by atoms with Crippen LogP contribution in [0, 0.1) is 13.8 Å². The van der Waals surface area contributed by atoms with Crippen LogP contribution in [0.1, 0.15) is 11.3 Å². The Hall–Kier alpha value is -4.77. The van der Waals surface area contributed by atoms with Gasteiger partial charge in [0.05, 0.1) is 22.8 Å². The molecule has 4 heterocycles. The molecule has 0 aliphatic heterocycles. The average Bonchev–Trinajstić information content (AvgIpc) is 3.27. The van der Waals surface area contributed by atoms with Gasteiger partial charge in [-0.15, -0.1) is 0 Å². The van der Waals surface area contributed by atoms with Gasteiger partial charge >= 0.3 is 0 Å². The zero-order valence-corrected chi connectivity index (χ0v) is 20.1. The largest absolute Gasteiger partial charge is 0.507 e. The molecule has 6 rings (SSSR count). The predicted molar refractivity (Wildman–Crippen MR) is 144 cm³/mol. The molecule has 0 radical (unpaired) electrons. The minimum atomic E-state index is 0.218. The third kappa shape index (κ3) is 3.81. The molecule has 6 aromatic rings. The van der Waals surface area contributed by atoms with Crippen LogP contribution in [0.25, 0.3) is 50.7 Å². The lowest BCUT2D eigenvalue weighted by Crippen LogP contribution is -1.95. The molecule has 0 spiro atoms. The van der Waals surface area contributed by atoms with E-state index in [1.807, 2.05) is 80.7 Å². The van der Waals surface area contributed by atoms with E-state index in [-0.39, 0.29) is 5.75 Å². The molecule has 0 amide bonds. The number of hydrogen-bond acceptors (Lipinski definition) is 4. The smallest absolute Gasteiger partial charge is 0.147 e. The van der Waals surface area contributed by atoms with Crippen molar-refractivity contribution in [1.82, 2.24) is 19.4 Å². The molecule has 0 bridgehead atoms. The Labute approximate surface area is 209 Å². The summed E-state index contributed by atoms with van der Waals surface area (Å²) < 4.78 is 2.06. The molecule has 5 nitrogen and oxygen atoms in total. The van der Waals surface area contributed by atoms with Gasteiger partial charge in [0, 0.05) is 29.2 Å². The van der Waals surface area contributed by atoms with Gasteiger partial charge in [-0.05, 0) is 73.5 Å². The summed E-state index contributed by atoms with van der Waals surface area (Å²) in [6, 6.07) is 29.9. The monoisotopic (exact) mass is 468 g/mol. The van der Waals surface area contributed by atoms with E-state index in [0.29, 0.717) is 0 Å². The summed E-state index contributed by atoms with van der Waals surface area (Å²) in [6.45, 7) is 4.03. The van der Waals surface area contributed by atoms with Gasteiger partial charge in [-0.25, -0.2) is 9.97 Å². The number of nitrogens with zero attached hydrogens (tertiary/aromatic N) is 4. The standard InChI is InChI=1S/C31H24N4O/c1-20-13-14-29(36)25(17-20)30-21(2)35-16-8-11-24(31(35)34-30)27-18-23(22-9-4-3-5-10-22)19-28(33-27)26-12-6-7-15-32-26/h3-19,36H,1-2H3. The maximum absolute atomic E-state index is 10.6. The highest BCUT2D eigenvalue weighted by atomic mass is 16.3. The van der Waals surface area contributed by atoms with Gasteiger partial charge in [0.15, 0.2) is 0 Å². The Bertz CT molecular complexity index is 1650. The lowest BCUT2D eigenvalue weighted by atomic mass is 10.0. The fourth-order valence-corrected chi connectivity index (χ4v) is 4.59. The minimum Gasteiger partial charge on any atom is -0.507 e. The highest BCUT2D eigenvalue weighted by molar-refractivity contribution is 5.84. The van der Waals surface area contributed by atoms with Gasteiger partial charge in [0.25, 0.3) is 0 Å². The first-order chi connectivity index (χ1) is 17.6. The molecule has 0 aliphatic carbocycles. The molecule has 0 fully saturated rings. The number of fused-ring (bicyclic) bond motifs is 1. The Morgan fingerprint density at radius 3 is 2.28 bits per heavy atom. The molecule has 36 heavy (non-hydrogen) atoms. The number of benzene rings is 2. The topological polar surface area (TPSA) is 63.3 Å². The Morgan fingerprint density at radius 1 is 0.667 bits per heavy atom. The van der Waals surface area contributed by atoms with Crippen molar-refractivity contribution in [2.75, 3.05) is 0 Å². The first-order valence-corrected chi connectivity index (χ1v) is 11.9. The zero-order chi connectivity index (χ0) is 24.6. The number of phenols is 1. The molecule has 0 saturated heterocycles. The lowest BCUT2D eigenvalue weighted by molar-refractivity contribution is 0.477. The molecular formula is C31H24N4O. The van der Waals surface area contributed by atoms with Crippen LogP contribution in [0.5, 0.6) is 5.75 Å². The minimum absolute atomic E-state index is 0.218. The summed E-state index contributed by atoms with van der Waals surface area (Å²) in [5.74, 6) is 0.218. The molecule has 5 heteroatoms. The summed E-state index contributed by atoms with van der Waals surface area (Å²) in [4.78, 5) is 14.6. The van der Waals surface area contributed by atoms with Crippen LogP contribution >= 0.6 is 0 Å². The molecule has 174 valence electrons. The van der Waals surface area contributed by atoms with Crippen molar-refractivity contribution in [2.45, 2.75) is 13.8 Å². The molecule has 2 aromatic carbocycles. The van der Waals surface area contributed by atoms with E-state index in [1.165, 1.54) is 0 Å². The molecular weight excluding hydrogens is 444 g/mol. The number of aromatic hydroxyl groups is 1. The van der Waals surface area contributed by atoms with Crippen molar-refractivity contribution < 1.29 is 5.11 Å². The second-order valence-corrected chi connectivity index (χ2v) is 8.89. The summed E-state index contributed by atoms with van der Waals surface area (Å²) >= 11 is 0. The van der Waals surface area contributed by atoms with Crippen molar-refractivity contribution in [1.29, 1.82) is 0 Å². The van der Waals surface area contributed by atoms with E-state index in [4.69, 9.17) is 9.97 Å². The SMILES string of the molecule is Cc1ccc(O)c(-c2nc3c(-c4cc(-c5ccccc5)cc(-c5ccccn5)n4)cccn3c2C)c1. The number of hydrogen-bond donors (Lipinski definition) is 1. The van der Waals surface area contributed by atoms with E-state index in [0.717, 1.165) is 61.9 Å². The predicted octanol–water partition coefficient (Wildman–Crippen LogP) is 7.11. The van der Waals surface area contributed by atoms with E-state index in [1.54, 1.807) is 12.3 Å². The highest BCUT2D eigenvalue weighted by Gasteiger charge is 2.18. The third-order valence-electron chi connectivity index (χ3n) is 6.43. The number of pyridine rings is 3. The third-order valence-corrected chi connectivity index (χ3v) is 6.43. The van der Waals surface area contributed by atoms with Gasteiger partial charge < -0.3 is 9.51 Å². The molecule has 0 aliphatic rings. The van der Waals surface area contributed by atoms with Gasteiger partial charge in [0.2, 0.25) is 0 Å². The maximum atomic E-state index is 10.6. The quantitative estimate of drug-likeness (QED) is 0.299. The second kappa shape index (κ2) is 8.78. The summed E-state index contributed by atoms with van der Waals surface area (Å²) in [5.41, 5.74) is 9.79. The van der Waals surface area contributed by atoms with Crippen LogP contribution in [-0.2, 0) is 0 Å². The fraction of sp³-hybridized carbons (Fsp3) is 0.0645. The van der Waals surface area contributed by atoms with Crippen LogP contribution < -0.4 is 0 Å². The van der Waals surface area contributed by atoms with Crippen molar-refractivity contribution in [3.8, 4) is 50.8 Å². The van der Waals surface area contributed by atoms with Gasteiger partial charge in [0.1, 0.15) is 11.4 Å². The number of imidazole rings is 1. The number of aryl methyl sites for hydroxylation is 2. The van der Waals surface area contributed by atoms with Gasteiger partial charge in [-0.2, -0.15) is 0 Å². The van der Waals surface area contributed by atoms with Crippen LogP contribution in [-0.4, -0.2) is 24.5 Å². The van der Waals surface area contributed by atoms with Gasteiger partial charge in [-0.3, -0.25) is 4.98 Å². The lowest BCUT2D eigenvalue weighted by Gasteiger charge is -2.10. The van der Waals surface area contributed by atoms with Crippen molar-refractivity contribution >= 4 is 5.65 Å². The molecule has 0 atom stereocenters. The summed E-state index contributed by atoms with van der Waals surface area (Å²) in [7, 11) is 0. The van der Waals surface area contributed by atoms with E-state index in [2.05, 4.69) is 33.7 Å². The van der Waals surface area contributed by atoms with E-state index in [9.17, 15) is 5.11 Å². The fourth-order valence-electron chi connectivity index (χ4n) is 4.59. The maximum Gasteiger partial charge on any atom is 0.147 e. The van der Waals surface area contributed by atoms with Crippen molar-refractivity contribution in [3.05, 3.63) is 115 Å². The second-order valence-electron chi connectivity index (χ2n) is 8.89. The van der Waals surface area contributed by atoms with Crippen molar-refractivity contribution in [3.63, 3.8) is 0 Å². The van der Waals surface area contributed by atoms with Crippen molar-refractivity contribution in [2.24, 2.45) is 0 Å². The van der Waals surface area contributed by atoms with E-state index < -0.39 is 0 Å². The van der Waals surface area contributed by atoms with Crippen LogP contribution in [0.2, 0.25) is 0 Å². The summed E-state index contributed by atoms with van der Waals surface area (Å²) in [6.07, 6.45) is 3.78. The van der Waals surface area contributed by atoms with Crippen LogP contribution in [0.3, 0.4) is 0 Å². The average molecular weight is 469 g/mol. The Kier molecular flexibility index (Phi) is 5.30. The Morgan fingerprint density at radius 2 is 1.47 bits per heavy atom. The molecule has 1 N–H and O–H groups in total. The molecule has 4 aromatic heterocycles. The first kappa shape index (κ1) is 21.7. The number of rotatable bonds is 4. The first-order valence-electron chi connectivity index (χ1n) is 11.9. The van der Waals surface area contributed by atoms with E-state index >= 15 is 0 Å². The Balaban J connectivity index is 1.59. The zero-order valence-electron chi connectivity index (χ0n) is 20.1. The number of aromatic nitrogens is 4. The van der Waals surface area contributed by atoms with Gasteiger partial charge in [-0.1, -0.05) is 48.0 Å².